The van der Waals surface area contributed by atoms with Gasteiger partial charge in [-0.3, -0.25) is 4.79 Å². The van der Waals surface area contributed by atoms with Crippen LogP contribution < -0.4 is 10.9 Å². The van der Waals surface area contributed by atoms with Crippen molar-refractivity contribution in [1.29, 1.82) is 0 Å². The number of hydrogen-bond donors (Lipinski definition) is 2. The zero-order valence-electron chi connectivity index (χ0n) is 14.0. The van der Waals surface area contributed by atoms with Gasteiger partial charge in [0, 0.05) is 4.88 Å². The maximum atomic E-state index is 12.3. The zero-order valence-corrected chi connectivity index (χ0v) is 16.5. The Morgan fingerprint density at radius 1 is 1.31 bits per heavy atom. The zero-order chi connectivity index (χ0) is 18.1. The molecule has 26 heavy (non-hydrogen) atoms. The molecule has 0 atom stereocenters. The summed E-state index contributed by atoms with van der Waals surface area (Å²) in [6.07, 6.45) is 1.64. The number of aromatic nitrogens is 4. The smallest absolute Gasteiger partial charge is 0.259 e. The number of furan rings is 1. The summed E-state index contributed by atoms with van der Waals surface area (Å²) in [6.45, 7) is 4.53. The maximum absolute atomic E-state index is 12.3. The van der Waals surface area contributed by atoms with Gasteiger partial charge in [0.05, 0.1) is 23.9 Å². The van der Waals surface area contributed by atoms with E-state index in [4.69, 9.17) is 4.42 Å². The second-order valence-corrected chi connectivity index (χ2v) is 8.97. The molecule has 0 fully saturated rings. The maximum Gasteiger partial charge on any atom is 0.259 e. The van der Waals surface area contributed by atoms with Crippen LogP contribution in [0.15, 0.2) is 31.9 Å². The van der Waals surface area contributed by atoms with Crippen molar-refractivity contribution in [2.24, 2.45) is 0 Å². The summed E-state index contributed by atoms with van der Waals surface area (Å²) in [5.41, 5.74) is 0.930. The lowest BCUT2D eigenvalue weighted by molar-refractivity contribution is 0.518. The van der Waals surface area contributed by atoms with E-state index < -0.39 is 0 Å². The van der Waals surface area contributed by atoms with Crippen molar-refractivity contribution in [1.82, 2.24) is 20.2 Å². The molecule has 7 nitrogen and oxygen atoms in total. The van der Waals surface area contributed by atoms with Gasteiger partial charge in [0.25, 0.3) is 5.56 Å². The Labute approximate surface area is 160 Å². The number of nitrogens with one attached hydrogen (secondary N) is 2. The Morgan fingerprint density at radius 2 is 2.19 bits per heavy atom. The first-order valence-electron chi connectivity index (χ1n) is 7.81. The molecular weight excluding hydrogens is 390 g/mol. The largest absolute Gasteiger partial charge is 0.467 e. The molecule has 0 aliphatic carbocycles. The van der Waals surface area contributed by atoms with E-state index in [9.17, 15) is 4.79 Å². The Balaban J connectivity index is 1.43. The van der Waals surface area contributed by atoms with Crippen LogP contribution >= 0.6 is 34.4 Å². The van der Waals surface area contributed by atoms with E-state index in [0.29, 0.717) is 23.5 Å². The third kappa shape index (κ3) is 3.53. The summed E-state index contributed by atoms with van der Waals surface area (Å²) < 4.78 is 6.08. The molecule has 4 aromatic heterocycles. The fourth-order valence-electron chi connectivity index (χ4n) is 2.41. The first kappa shape index (κ1) is 17.3. The predicted octanol–water partition coefficient (Wildman–Crippen LogP) is 3.95. The summed E-state index contributed by atoms with van der Waals surface area (Å²) >= 11 is 4.51. The fourth-order valence-corrected chi connectivity index (χ4v) is 5.08. The van der Waals surface area contributed by atoms with Crippen LogP contribution in [-0.2, 0) is 12.3 Å². The minimum atomic E-state index is -0.0782. The standard InChI is InChI=1S/C16H15N5O2S3/c1-8-9(2)25-14-12(8)13(22)18-11(19-14)7-24-16-21-20-15(26-16)17-6-10-4-3-5-23-10/h3-5H,6-7H2,1-2H3,(H,17,20)(H,18,19,22). The number of anilines is 1. The molecule has 0 saturated carbocycles. The van der Waals surface area contributed by atoms with Gasteiger partial charge in [0.2, 0.25) is 5.13 Å². The molecule has 0 radical (unpaired) electrons. The highest BCUT2D eigenvalue weighted by molar-refractivity contribution is 8.00. The van der Waals surface area contributed by atoms with Crippen LogP contribution in [0.1, 0.15) is 22.0 Å². The van der Waals surface area contributed by atoms with Crippen LogP contribution in [0, 0.1) is 13.8 Å². The van der Waals surface area contributed by atoms with Crippen molar-refractivity contribution in [3.8, 4) is 0 Å². The first-order chi connectivity index (χ1) is 12.6. The van der Waals surface area contributed by atoms with Gasteiger partial charge < -0.3 is 14.7 Å². The highest BCUT2D eigenvalue weighted by Gasteiger charge is 2.13. The Morgan fingerprint density at radius 3 is 3.00 bits per heavy atom. The van der Waals surface area contributed by atoms with Crippen molar-refractivity contribution in [3.05, 3.63) is 50.8 Å². The molecule has 0 saturated heterocycles. The van der Waals surface area contributed by atoms with Crippen LogP contribution in [0.3, 0.4) is 0 Å². The topological polar surface area (TPSA) is 96.7 Å². The van der Waals surface area contributed by atoms with E-state index in [-0.39, 0.29) is 5.56 Å². The quantitative estimate of drug-likeness (QED) is 0.469. The second kappa shape index (κ2) is 7.22. The van der Waals surface area contributed by atoms with Crippen molar-refractivity contribution in [2.45, 2.75) is 30.5 Å². The average Bonchev–Trinajstić information content (AvgIpc) is 3.33. The molecule has 0 bridgehead atoms. The number of rotatable bonds is 6. The minimum absolute atomic E-state index is 0.0782. The summed E-state index contributed by atoms with van der Waals surface area (Å²) in [5.74, 6) is 2.02. The van der Waals surface area contributed by atoms with Gasteiger partial charge in [-0.2, -0.15) is 0 Å². The number of nitrogens with zero attached hydrogens (tertiary/aromatic N) is 3. The van der Waals surface area contributed by atoms with E-state index in [1.165, 1.54) is 23.1 Å². The van der Waals surface area contributed by atoms with Gasteiger partial charge in [0.1, 0.15) is 16.4 Å². The van der Waals surface area contributed by atoms with Crippen LogP contribution in [-0.4, -0.2) is 20.2 Å². The third-order valence-electron chi connectivity index (χ3n) is 3.82. The van der Waals surface area contributed by atoms with Gasteiger partial charge in [0.15, 0.2) is 4.34 Å². The number of hydrogen-bond acceptors (Lipinski definition) is 9. The molecular formula is C16H15N5O2S3. The minimum Gasteiger partial charge on any atom is -0.467 e. The number of thiophene rings is 1. The van der Waals surface area contributed by atoms with Gasteiger partial charge in [-0.25, -0.2) is 4.98 Å². The molecule has 4 aromatic rings. The molecule has 0 amide bonds. The summed E-state index contributed by atoms with van der Waals surface area (Å²) in [7, 11) is 0. The van der Waals surface area contributed by atoms with Gasteiger partial charge in [-0.1, -0.05) is 23.1 Å². The normalized spacial score (nSPS) is 11.3. The van der Waals surface area contributed by atoms with Crippen molar-refractivity contribution in [2.75, 3.05) is 5.32 Å². The summed E-state index contributed by atoms with van der Waals surface area (Å²) in [6, 6.07) is 3.75. The van der Waals surface area contributed by atoms with Gasteiger partial charge in [-0.15, -0.1) is 21.5 Å². The Bertz CT molecular complexity index is 1100. The van der Waals surface area contributed by atoms with Gasteiger partial charge in [-0.05, 0) is 31.5 Å². The molecule has 0 aromatic carbocycles. The molecule has 2 N–H and O–H groups in total. The number of fused-ring (bicyclic) bond motifs is 1. The van der Waals surface area contributed by atoms with Crippen molar-refractivity contribution >= 4 is 49.8 Å². The summed E-state index contributed by atoms with van der Waals surface area (Å²) in [4.78, 5) is 21.7. The van der Waals surface area contributed by atoms with Crippen molar-refractivity contribution in [3.63, 3.8) is 0 Å². The molecule has 0 aliphatic heterocycles. The Hall–Kier alpha value is -2.17. The van der Waals surface area contributed by atoms with Crippen LogP contribution in [0.25, 0.3) is 10.2 Å². The molecule has 0 unspecified atom stereocenters. The second-order valence-electron chi connectivity index (χ2n) is 5.57. The monoisotopic (exact) mass is 405 g/mol. The van der Waals surface area contributed by atoms with E-state index in [0.717, 1.165) is 30.5 Å². The van der Waals surface area contributed by atoms with E-state index in [2.05, 4.69) is 25.5 Å². The molecule has 0 aliphatic rings. The number of aromatic amines is 1. The summed E-state index contributed by atoms with van der Waals surface area (Å²) in [5, 5.41) is 12.9. The SMILES string of the molecule is Cc1sc2nc(CSc3nnc(NCc4ccco4)s3)[nH]c(=O)c2c1C. The first-order valence-corrected chi connectivity index (χ1v) is 10.4. The highest BCUT2D eigenvalue weighted by atomic mass is 32.2. The van der Waals surface area contributed by atoms with Crippen LogP contribution in [0.5, 0.6) is 0 Å². The fraction of sp³-hybridized carbons (Fsp3) is 0.250. The molecule has 4 rings (SSSR count). The van der Waals surface area contributed by atoms with E-state index in [1.54, 1.807) is 17.6 Å². The lowest BCUT2D eigenvalue weighted by Crippen LogP contribution is -2.10. The molecule has 0 spiro atoms. The highest BCUT2D eigenvalue weighted by Crippen LogP contribution is 2.29. The number of thioether (sulfide) groups is 1. The van der Waals surface area contributed by atoms with E-state index >= 15 is 0 Å². The lowest BCUT2D eigenvalue weighted by Gasteiger charge is -1.99. The molecule has 10 heteroatoms. The predicted molar refractivity (Wildman–Crippen MR) is 105 cm³/mol. The van der Waals surface area contributed by atoms with Crippen molar-refractivity contribution < 1.29 is 4.42 Å². The average molecular weight is 406 g/mol. The molecule has 134 valence electrons. The van der Waals surface area contributed by atoms with E-state index in [1.807, 2.05) is 26.0 Å². The Kier molecular flexibility index (Phi) is 4.79. The number of H-pyrrole nitrogens is 1. The lowest BCUT2D eigenvalue weighted by atomic mass is 10.2. The van der Waals surface area contributed by atoms with Crippen LogP contribution in [0.2, 0.25) is 0 Å². The molecule has 4 heterocycles. The number of aryl methyl sites for hydroxylation is 2. The third-order valence-corrected chi connectivity index (χ3v) is 6.95. The van der Waals surface area contributed by atoms with Gasteiger partial charge >= 0.3 is 0 Å². The van der Waals surface area contributed by atoms with Crippen LogP contribution in [0.4, 0.5) is 5.13 Å².